The van der Waals surface area contributed by atoms with Crippen molar-refractivity contribution in [3.05, 3.63) is 95.3 Å². The van der Waals surface area contributed by atoms with Gasteiger partial charge in [-0.15, -0.1) is 0 Å². The van der Waals surface area contributed by atoms with Gasteiger partial charge in [-0.2, -0.15) is 0 Å². The third-order valence-electron chi connectivity index (χ3n) is 5.01. The SMILES string of the molecule is Cc1ccc(C)c([C@H](C)NC(=O)CN(c2ccccc2)S(=O)(=O)c2ccc(F)cc2)c1. The quantitative estimate of drug-likeness (QED) is 0.588. The Morgan fingerprint density at radius 1 is 1.00 bits per heavy atom. The summed E-state index contributed by atoms with van der Waals surface area (Å²) in [5.74, 6) is -0.978. The Hall–Kier alpha value is -3.19. The number of nitrogens with zero attached hydrogens (tertiary/aromatic N) is 1. The van der Waals surface area contributed by atoms with E-state index in [1.807, 2.05) is 39.0 Å². The van der Waals surface area contributed by atoms with Crippen molar-refractivity contribution in [2.75, 3.05) is 10.8 Å². The Morgan fingerprint density at radius 2 is 1.65 bits per heavy atom. The number of nitrogens with one attached hydrogen (secondary N) is 1. The topological polar surface area (TPSA) is 66.5 Å². The Balaban J connectivity index is 1.88. The normalized spacial score (nSPS) is 12.3. The molecule has 0 radical (unpaired) electrons. The third-order valence-corrected chi connectivity index (χ3v) is 6.80. The predicted molar refractivity (Wildman–Crippen MR) is 120 cm³/mol. The van der Waals surface area contributed by atoms with Crippen molar-refractivity contribution in [1.82, 2.24) is 5.32 Å². The number of halogens is 1. The van der Waals surface area contributed by atoms with Gasteiger partial charge in [0.1, 0.15) is 12.4 Å². The molecule has 0 fully saturated rings. The lowest BCUT2D eigenvalue weighted by Crippen LogP contribution is -2.41. The Kier molecular flexibility index (Phi) is 6.75. The van der Waals surface area contributed by atoms with Gasteiger partial charge in [0, 0.05) is 0 Å². The van der Waals surface area contributed by atoms with Gasteiger partial charge in [0.25, 0.3) is 10.0 Å². The van der Waals surface area contributed by atoms with Crippen LogP contribution in [0, 0.1) is 19.7 Å². The maximum atomic E-state index is 13.3. The number of carbonyl (C=O) groups is 1. The summed E-state index contributed by atoms with van der Waals surface area (Å²) in [6.45, 7) is 5.40. The first-order chi connectivity index (χ1) is 14.7. The van der Waals surface area contributed by atoms with E-state index in [1.54, 1.807) is 30.3 Å². The number of anilines is 1. The number of sulfonamides is 1. The molecule has 5 nitrogen and oxygen atoms in total. The Morgan fingerprint density at radius 3 is 2.29 bits per heavy atom. The lowest BCUT2D eigenvalue weighted by atomic mass is 10.00. The number of para-hydroxylation sites is 1. The van der Waals surface area contributed by atoms with E-state index in [9.17, 15) is 17.6 Å². The highest BCUT2D eigenvalue weighted by Gasteiger charge is 2.27. The number of hydrogen-bond donors (Lipinski definition) is 1. The van der Waals surface area contributed by atoms with E-state index < -0.39 is 28.3 Å². The maximum Gasteiger partial charge on any atom is 0.264 e. The van der Waals surface area contributed by atoms with Crippen LogP contribution >= 0.6 is 0 Å². The molecule has 162 valence electrons. The second kappa shape index (κ2) is 9.31. The first-order valence-corrected chi connectivity index (χ1v) is 11.3. The Labute approximate surface area is 182 Å². The Bertz CT molecular complexity index is 1160. The number of rotatable bonds is 7. The molecule has 0 aromatic heterocycles. The fraction of sp³-hybridized carbons (Fsp3) is 0.208. The van der Waals surface area contributed by atoms with Crippen LogP contribution in [0.3, 0.4) is 0 Å². The highest BCUT2D eigenvalue weighted by Crippen LogP contribution is 2.24. The van der Waals surface area contributed by atoms with Gasteiger partial charge in [-0.1, -0.05) is 42.0 Å². The van der Waals surface area contributed by atoms with Crippen LogP contribution in [0.2, 0.25) is 0 Å². The molecule has 3 rings (SSSR count). The average molecular weight is 441 g/mol. The van der Waals surface area contributed by atoms with Gasteiger partial charge in [0.05, 0.1) is 16.6 Å². The van der Waals surface area contributed by atoms with Gasteiger partial charge in [-0.05, 0) is 68.3 Å². The smallest absolute Gasteiger partial charge is 0.264 e. The van der Waals surface area contributed by atoms with Gasteiger partial charge < -0.3 is 5.32 Å². The monoisotopic (exact) mass is 440 g/mol. The predicted octanol–water partition coefficient (Wildman–Crippen LogP) is 4.52. The van der Waals surface area contributed by atoms with Gasteiger partial charge in [-0.25, -0.2) is 12.8 Å². The molecule has 31 heavy (non-hydrogen) atoms. The summed E-state index contributed by atoms with van der Waals surface area (Å²) in [5, 5.41) is 2.89. The molecule has 1 amide bonds. The van der Waals surface area contributed by atoms with Gasteiger partial charge in [0.15, 0.2) is 0 Å². The van der Waals surface area contributed by atoms with Crippen LogP contribution < -0.4 is 9.62 Å². The summed E-state index contributed by atoms with van der Waals surface area (Å²) in [7, 11) is -4.08. The molecule has 1 N–H and O–H groups in total. The van der Waals surface area contributed by atoms with Crippen LogP contribution in [0.25, 0.3) is 0 Å². The minimum Gasteiger partial charge on any atom is -0.348 e. The zero-order valence-electron chi connectivity index (χ0n) is 17.7. The summed E-state index contributed by atoms with van der Waals surface area (Å²) in [5.41, 5.74) is 3.44. The molecular weight excluding hydrogens is 415 g/mol. The molecule has 0 saturated carbocycles. The van der Waals surface area contributed by atoms with E-state index in [0.717, 1.165) is 33.1 Å². The van der Waals surface area contributed by atoms with Gasteiger partial charge in [-0.3, -0.25) is 9.10 Å². The fourth-order valence-electron chi connectivity index (χ4n) is 3.36. The molecule has 0 aliphatic carbocycles. The largest absolute Gasteiger partial charge is 0.348 e. The second-order valence-corrected chi connectivity index (χ2v) is 9.31. The van der Waals surface area contributed by atoms with Crippen molar-refractivity contribution in [3.8, 4) is 0 Å². The average Bonchev–Trinajstić information content (AvgIpc) is 2.74. The number of hydrogen-bond acceptors (Lipinski definition) is 3. The molecule has 0 aliphatic heterocycles. The molecule has 0 aliphatic rings. The molecule has 7 heteroatoms. The highest BCUT2D eigenvalue weighted by atomic mass is 32.2. The van der Waals surface area contributed by atoms with Crippen LogP contribution in [-0.2, 0) is 14.8 Å². The van der Waals surface area contributed by atoms with Crippen LogP contribution in [0.1, 0.15) is 29.7 Å². The first kappa shape index (κ1) is 22.5. The summed E-state index contributed by atoms with van der Waals surface area (Å²) in [6.07, 6.45) is 0. The highest BCUT2D eigenvalue weighted by molar-refractivity contribution is 7.92. The van der Waals surface area contributed by atoms with Crippen molar-refractivity contribution < 1.29 is 17.6 Å². The van der Waals surface area contributed by atoms with E-state index in [4.69, 9.17) is 0 Å². The van der Waals surface area contributed by atoms with Crippen molar-refractivity contribution in [3.63, 3.8) is 0 Å². The molecule has 0 heterocycles. The third kappa shape index (κ3) is 5.30. The zero-order valence-corrected chi connectivity index (χ0v) is 18.5. The second-order valence-electron chi connectivity index (χ2n) is 7.45. The molecule has 3 aromatic carbocycles. The molecule has 0 saturated heterocycles. The fourth-order valence-corrected chi connectivity index (χ4v) is 4.79. The number of carbonyl (C=O) groups excluding carboxylic acids is 1. The van der Waals surface area contributed by atoms with E-state index in [2.05, 4.69) is 5.32 Å². The molecular formula is C24H25FN2O3S. The van der Waals surface area contributed by atoms with Gasteiger partial charge in [0.2, 0.25) is 5.91 Å². The minimum atomic E-state index is -4.08. The van der Waals surface area contributed by atoms with Crippen LogP contribution in [0.15, 0.2) is 77.7 Å². The first-order valence-electron chi connectivity index (χ1n) is 9.88. The van der Waals surface area contributed by atoms with Crippen molar-refractivity contribution >= 4 is 21.6 Å². The lowest BCUT2D eigenvalue weighted by molar-refractivity contribution is -0.120. The minimum absolute atomic E-state index is 0.0897. The van der Waals surface area contributed by atoms with E-state index in [0.29, 0.717) is 5.69 Å². The summed E-state index contributed by atoms with van der Waals surface area (Å²) in [6, 6.07) is 18.6. The van der Waals surface area contributed by atoms with Crippen molar-refractivity contribution in [2.24, 2.45) is 0 Å². The lowest BCUT2D eigenvalue weighted by Gasteiger charge is -2.25. The molecule has 0 spiro atoms. The van der Waals surface area contributed by atoms with E-state index >= 15 is 0 Å². The van der Waals surface area contributed by atoms with Crippen LogP contribution in [-0.4, -0.2) is 20.9 Å². The standard InChI is InChI=1S/C24H25FN2O3S/c1-17-9-10-18(2)23(15-17)19(3)26-24(28)16-27(21-7-5-4-6-8-21)31(29,30)22-13-11-20(25)12-14-22/h4-15,19H,16H2,1-3H3,(H,26,28)/t19-/m0/s1. The summed E-state index contributed by atoms with van der Waals surface area (Å²) < 4.78 is 40.9. The maximum absolute atomic E-state index is 13.3. The number of benzene rings is 3. The van der Waals surface area contributed by atoms with Gasteiger partial charge >= 0.3 is 0 Å². The van der Waals surface area contributed by atoms with Crippen molar-refractivity contribution in [1.29, 1.82) is 0 Å². The number of aryl methyl sites for hydroxylation is 2. The molecule has 1 atom stereocenters. The molecule has 3 aromatic rings. The van der Waals surface area contributed by atoms with E-state index in [1.165, 1.54) is 12.1 Å². The van der Waals surface area contributed by atoms with E-state index in [-0.39, 0.29) is 10.9 Å². The van der Waals surface area contributed by atoms with Crippen LogP contribution in [0.5, 0.6) is 0 Å². The van der Waals surface area contributed by atoms with Crippen molar-refractivity contribution in [2.45, 2.75) is 31.7 Å². The summed E-state index contributed by atoms with van der Waals surface area (Å²) in [4.78, 5) is 12.8. The summed E-state index contributed by atoms with van der Waals surface area (Å²) >= 11 is 0. The molecule has 0 bridgehead atoms. The molecule has 0 unspecified atom stereocenters. The van der Waals surface area contributed by atoms with Crippen LogP contribution in [0.4, 0.5) is 10.1 Å². The zero-order chi connectivity index (χ0) is 22.6. The number of amides is 1.